The maximum atomic E-state index is 13.5. The van der Waals surface area contributed by atoms with E-state index in [2.05, 4.69) is 15.6 Å². The lowest BCUT2D eigenvalue weighted by Crippen LogP contribution is -2.29. The highest BCUT2D eigenvalue weighted by atomic mass is 19.4. The van der Waals surface area contributed by atoms with Crippen LogP contribution in [0.5, 0.6) is 0 Å². The van der Waals surface area contributed by atoms with Gasteiger partial charge in [-0.05, 0) is 43.5 Å². The van der Waals surface area contributed by atoms with Crippen LogP contribution in [-0.4, -0.2) is 40.2 Å². The Balaban J connectivity index is 1.61. The number of rotatable bonds is 7. The van der Waals surface area contributed by atoms with Crippen LogP contribution in [-0.2, 0) is 10.9 Å². The average molecular weight is 414 g/mol. The molecule has 6 nitrogen and oxygen atoms in total. The number of alkyl halides is 3. The lowest BCUT2D eigenvalue weighted by Gasteiger charge is -2.21. The Kier molecular flexibility index (Phi) is 6.83. The molecular weight excluding hydrogens is 392 g/mol. The first-order chi connectivity index (χ1) is 13.9. The first-order valence-corrected chi connectivity index (χ1v) is 9.55. The molecule has 0 atom stereocenters. The third-order valence-electron chi connectivity index (χ3n) is 4.74. The minimum absolute atomic E-state index is 0.0499. The summed E-state index contributed by atoms with van der Waals surface area (Å²) in [4.78, 5) is 12.2. The van der Waals surface area contributed by atoms with Gasteiger partial charge in [0.1, 0.15) is 5.82 Å². The van der Waals surface area contributed by atoms with Crippen molar-refractivity contribution in [1.29, 1.82) is 0 Å². The summed E-state index contributed by atoms with van der Waals surface area (Å²) in [5.74, 6) is -1.57. The lowest BCUT2D eigenvalue weighted by molar-refractivity contribution is -0.143. The van der Waals surface area contributed by atoms with Crippen LogP contribution >= 0.6 is 0 Å². The molecule has 0 unspecified atom stereocenters. The number of nitrogens with one attached hydrogen (secondary N) is 1. The first kappa shape index (κ1) is 21.2. The molecule has 1 fully saturated rings. The van der Waals surface area contributed by atoms with E-state index in [1.165, 1.54) is 6.42 Å². The molecule has 0 aliphatic heterocycles. The quantitative estimate of drug-likeness (QED) is 0.551. The van der Waals surface area contributed by atoms with E-state index in [-0.39, 0.29) is 18.3 Å². The molecule has 2 aromatic rings. The van der Waals surface area contributed by atoms with E-state index < -0.39 is 29.3 Å². The molecule has 1 amide bonds. The minimum Gasteiger partial charge on any atom is -0.378 e. The van der Waals surface area contributed by atoms with Crippen LogP contribution in [0.4, 0.5) is 17.6 Å². The summed E-state index contributed by atoms with van der Waals surface area (Å²) in [7, 11) is 0. The van der Waals surface area contributed by atoms with Crippen LogP contribution in [0.1, 0.15) is 54.7 Å². The van der Waals surface area contributed by atoms with Crippen LogP contribution in [0.25, 0.3) is 5.69 Å². The summed E-state index contributed by atoms with van der Waals surface area (Å²) >= 11 is 0. The fourth-order valence-corrected chi connectivity index (χ4v) is 3.29. The van der Waals surface area contributed by atoms with E-state index in [9.17, 15) is 22.4 Å². The second-order valence-corrected chi connectivity index (χ2v) is 6.91. The SMILES string of the molecule is O=C(NCCCOC1CCCCC1)c1nnn(-c2ccc(F)cc2)c1C(F)(F)F. The van der Waals surface area contributed by atoms with Crippen molar-refractivity contribution in [1.82, 2.24) is 20.3 Å². The van der Waals surface area contributed by atoms with E-state index in [4.69, 9.17) is 4.74 Å². The van der Waals surface area contributed by atoms with Crippen molar-refractivity contribution < 1.29 is 27.1 Å². The second-order valence-electron chi connectivity index (χ2n) is 6.91. The van der Waals surface area contributed by atoms with E-state index >= 15 is 0 Å². The van der Waals surface area contributed by atoms with Crippen molar-refractivity contribution in [2.45, 2.75) is 50.8 Å². The van der Waals surface area contributed by atoms with Gasteiger partial charge in [-0.15, -0.1) is 5.10 Å². The summed E-state index contributed by atoms with van der Waals surface area (Å²) < 4.78 is 59.9. The molecule has 158 valence electrons. The number of hydrogen-bond acceptors (Lipinski definition) is 4. The molecule has 1 aromatic heterocycles. The standard InChI is InChI=1S/C19H22F4N4O2/c20-13-7-9-14(10-8-13)27-17(19(21,22)23)16(25-26-27)18(28)24-11-4-12-29-15-5-2-1-3-6-15/h7-10,15H,1-6,11-12H2,(H,24,28). The normalized spacial score (nSPS) is 15.4. The van der Waals surface area contributed by atoms with Gasteiger partial charge >= 0.3 is 6.18 Å². The third kappa shape index (κ3) is 5.53. The summed E-state index contributed by atoms with van der Waals surface area (Å²) in [6.45, 7) is 0.589. The van der Waals surface area contributed by atoms with Crippen molar-refractivity contribution in [2.24, 2.45) is 0 Å². The molecule has 10 heteroatoms. The van der Waals surface area contributed by atoms with Gasteiger partial charge in [0.05, 0.1) is 11.8 Å². The molecule has 1 aliphatic rings. The number of nitrogens with zero attached hydrogens (tertiary/aromatic N) is 3. The Morgan fingerprint density at radius 3 is 2.52 bits per heavy atom. The molecule has 0 radical (unpaired) electrons. The van der Waals surface area contributed by atoms with E-state index in [0.717, 1.165) is 49.9 Å². The summed E-state index contributed by atoms with van der Waals surface area (Å²) in [6, 6.07) is 4.26. The fourth-order valence-electron chi connectivity index (χ4n) is 3.29. The zero-order valence-electron chi connectivity index (χ0n) is 15.7. The molecule has 1 heterocycles. The highest BCUT2D eigenvalue weighted by molar-refractivity contribution is 5.93. The van der Waals surface area contributed by atoms with Crippen molar-refractivity contribution in [2.75, 3.05) is 13.2 Å². The number of carbonyl (C=O) groups excluding carboxylic acids is 1. The average Bonchev–Trinajstić information content (AvgIpc) is 3.15. The Labute approximate surface area is 165 Å². The van der Waals surface area contributed by atoms with Gasteiger partial charge in [-0.25, -0.2) is 9.07 Å². The van der Waals surface area contributed by atoms with Crippen molar-refractivity contribution in [3.8, 4) is 5.69 Å². The zero-order chi connectivity index (χ0) is 20.9. The van der Waals surface area contributed by atoms with Crippen LogP contribution in [0.2, 0.25) is 0 Å². The topological polar surface area (TPSA) is 69.0 Å². The fraction of sp³-hybridized carbons (Fsp3) is 0.526. The molecule has 3 rings (SSSR count). The molecule has 0 bridgehead atoms. The van der Waals surface area contributed by atoms with E-state index in [0.29, 0.717) is 17.7 Å². The number of carbonyl (C=O) groups is 1. The molecule has 0 saturated heterocycles. The highest BCUT2D eigenvalue weighted by Crippen LogP contribution is 2.32. The highest BCUT2D eigenvalue weighted by Gasteiger charge is 2.41. The minimum atomic E-state index is -4.87. The Bertz CT molecular complexity index is 815. The van der Waals surface area contributed by atoms with Gasteiger partial charge in [0.25, 0.3) is 5.91 Å². The summed E-state index contributed by atoms with van der Waals surface area (Å²) in [5, 5.41) is 9.29. The Hall–Kier alpha value is -2.49. The summed E-state index contributed by atoms with van der Waals surface area (Å²) in [6.07, 6.45) is 1.39. The van der Waals surface area contributed by atoms with Crippen molar-refractivity contribution in [3.63, 3.8) is 0 Å². The van der Waals surface area contributed by atoms with Gasteiger partial charge in [0.15, 0.2) is 11.4 Å². The molecule has 0 spiro atoms. The first-order valence-electron chi connectivity index (χ1n) is 9.55. The smallest absolute Gasteiger partial charge is 0.378 e. The van der Waals surface area contributed by atoms with Gasteiger partial charge < -0.3 is 10.1 Å². The van der Waals surface area contributed by atoms with E-state index in [1.54, 1.807) is 0 Å². The maximum Gasteiger partial charge on any atom is 0.435 e. The molecule has 29 heavy (non-hydrogen) atoms. The zero-order valence-corrected chi connectivity index (χ0v) is 15.7. The van der Waals surface area contributed by atoms with Crippen LogP contribution in [0.3, 0.4) is 0 Å². The largest absolute Gasteiger partial charge is 0.435 e. The third-order valence-corrected chi connectivity index (χ3v) is 4.74. The number of hydrogen-bond donors (Lipinski definition) is 1. The van der Waals surface area contributed by atoms with Crippen LogP contribution < -0.4 is 5.32 Å². The lowest BCUT2D eigenvalue weighted by atomic mass is 9.98. The predicted octanol–water partition coefficient (Wildman–Crippen LogP) is 3.89. The van der Waals surface area contributed by atoms with Crippen LogP contribution in [0, 0.1) is 5.82 Å². The van der Waals surface area contributed by atoms with Gasteiger partial charge in [0.2, 0.25) is 0 Å². The molecule has 1 aliphatic carbocycles. The van der Waals surface area contributed by atoms with Gasteiger partial charge in [-0.1, -0.05) is 24.5 Å². The van der Waals surface area contributed by atoms with E-state index in [1.807, 2.05) is 0 Å². The predicted molar refractivity (Wildman–Crippen MR) is 96.1 cm³/mol. The van der Waals surface area contributed by atoms with Crippen molar-refractivity contribution >= 4 is 5.91 Å². The molecule has 1 saturated carbocycles. The number of halogens is 4. The number of amides is 1. The molecule has 1 aromatic carbocycles. The number of benzene rings is 1. The van der Waals surface area contributed by atoms with Crippen molar-refractivity contribution in [3.05, 3.63) is 41.5 Å². The number of ether oxygens (including phenoxy) is 1. The molecular formula is C19H22F4N4O2. The van der Waals surface area contributed by atoms with Gasteiger partial charge in [-0.3, -0.25) is 4.79 Å². The van der Waals surface area contributed by atoms with Gasteiger partial charge in [-0.2, -0.15) is 13.2 Å². The Morgan fingerprint density at radius 2 is 1.86 bits per heavy atom. The maximum absolute atomic E-state index is 13.5. The molecule has 1 N–H and O–H groups in total. The summed E-state index contributed by atoms with van der Waals surface area (Å²) in [5.41, 5.74) is -2.18. The monoisotopic (exact) mass is 414 g/mol. The Morgan fingerprint density at radius 1 is 1.17 bits per heavy atom. The van der Waals surface area contributed by atoms with Crippen LogP contribution in [0.15, 0.2) is 24.3 Å². The second kappa shape index (κ2) is 9.34. The van der Waals surface area contributed by atoms with Gasteiger partial charge in [0, 0.05) is 13.2 Å². The number of aromatic nitrogens is 3.